The van der Waals surface area contributed by atoms with Crippen LogP contribution in [-0.2, 0) is 16.4 Å². The fourth-order valence-electron chi connectivity index (χ4n) is 1.89. The summed E-state index contributed by atoms with van der Waals surface area (Å²) in [4.78, 5) is 6.65. The number of aromatic amines is 1. The number of anilines is 1. The number of para-hydroxylation sites is 1. The topological polar surface area (TPSA) is 74.8 Å². The molecule has 1 aromatic heterocycles. The fourth-order valence-corrected chi connectivity index (χ4v) is 3.04. The highest BCUT2D eigenvalue weighted by atomic mass is 32.2. The van der Waals surface area contributed by atoms with Gasteiger partial charge in [0, 0.05) is 0 Å². The van der Waals surface area contributed by atoms with Gasteiger partial charge in [0.25, 0.3) is 10.0 Å². The van der Waals surface area contributed by atoms with Gasteiger partial charge in [0.1, 0.15) is 5.82 Å². The molecule has 1 heterocycles. The molecule has 2 N–H and O–H groups in total. The van der Waals surface area contributed by atoms with E-state index in [2.05, 4.69) is 14.7 Å². The molecule has 0 aliphatic rings. The van der Waals surface area contributed by atoms with Gasteiger partial charge < -0.3 is 4.98 Å². The summed E-state index contributed by atoms with van der Waals surface area (Å²) in [6.07, 6.45) is 2.09. The molecular formula is C13H17N3O2S. The number of hydrogen-bond donors (Lipinski definition) is 2. The summed E-state index contributed by atoms with van der Waals surface area (Å²) in [7, 11) is -3.62. The van der Waals surface area contributed by atoms with E-state index < -0.39 is 10.0 Å². The first-order chi connectivity index (χ1) is 8.94. The van der Waals surface area contributed by atoms with E-state index in [1.807, 2.05) is 32.0 Å². The second-order valence-corrected chi connectivity index (χ2v) is 6.05. The van der Waals surface area contributed by atoms with E-state index in [-0.39, 0.29) is 5.03 Å². The minimum absolute atomic E-state index is 0.0790. The number of imidazole rings is 1. The van der Waals surface area contributed by atoms with Crippen molar-refractivity contribution in [3.8, 4) is 0 Å². The molecule has 0 aliphatic carbocycles. The van der Waals surface area contributed by atoms with Gasteiger partial charge in [0.05, 0.1) is 11.9 Å². The highest BCUT2D eigenvalue weighted by molar-refractivity contribution is 7.92. The molecule has 102 valence electrons. The normalized spacial score (nSPS) is 11.5. The van der Waals surface area contributed by atoms with Crippen LogP contribution in [0.5, 0.6) is 0 Å². The number of nitrogens with one attached hydrogen (secondary N) is 2. The van der Waals surface area contributed by atoms with Crippen LogP contribution in [0.25, 0.3) is 0 Å². The highest BCUT2D eigenvalue weighted by Crippen LogP contribution is 2.24. The predicted molar refractivity (Wildman–Crippen MR) is 74.7 cm³/mol. The SMILES string of the molecule is CCc1cccc(C)c1NS(=O)(=O)c1cnc(C)[nH]1. The zero-order valence-electron chi connectivity index (χ0n) is 11.2. The lowest BCUT2D eigenvalue weighted by atomic mass is 10.1. The minimum Gasteiger partial charge on any atom is -0.332 e. The molecule has 0 aliphatic heterocycles. The summed E-state index contributed by atoms with van der Waals surface area (Å²) in [6, 6.07) is 5.73. The molecule has 6 heteroatoms. The van der Waals surface area contributed by atoms with Crippen LogP contribution in [0.4, 0.5) is 5.69 Å². The molecule has 1 aromatic carbocycles. The molecule has 0 bridgehead atoms. The van der Waals surface area contributed by atoms with E-state index in [4.69, 9.17) is 0 Å². The van der Waals surface area contributed by atoms with Crippen LogP contribution in [0.15, 0.2) is 29.4 Å². The average Bonchev–Trinajstić information content (AvgIpc) is 2.79. The standard InChI is InChI=1S/C13H17N3O2S/c1-4-11-7-5-6-9(2)13(11)16-19(17,18)12-8-14-10(3)15-12/h5-8,16H,4H2,1-3H3,(H,14,15). The van der Waals surface area contributed by atoms with Crippen LogP contribution in [-0.4, -0.2) is 18.4 Å². The lowest BCUT2D eigenvalue weighted by molar-refractivity contribution is 0.598. The van der Waals surface area contributed by atoms with Crippen LogP contribution >= 0.6 is 0 Å². The summed E-state index contributed by atoms with van der Waals surface area (Å²) < 4.78 is 27.1. The number of sulfonamides is 1. The van der Waals surface area contributed by atoms with Gasteiger partial charge in [-0.15, -0.1) is 0 Å². The first kappa shape index (κ1) is 13.6. The summed E-state index contributed by atoms with van der Waals surface area (Å²) in [6.45, 7) is 5.59. The third kappa shape index (κ3) is 2.78. The Hall–Kier alpha value is -1.82. The second kappa shape index (κ2) is 5.05. The van der Waals surface area contributed by atoms with Crippen molar-refractivity contribution in [2.24, 2.45) is 0 Å². The van der Waals surface area contributed by atoms with E-state index in [9.17, 15) is 8.42 Å². The molecule has 0 amide bonds. The first-order valence-electron chi connectivity index (χ1n) is 6.07. The quantitative estimate of drug-likeness (QED) is 0.902. The summed E-state index contributed by atoms with van der Waals surface area (Å²) >= 11 is 0. The van der Waals surface area contributed by atoms with Crippen LogP contribution < -0.4 is 4.72 Å². The summed E-state index contributed by atoms with van der Waals surface area (Å²) in [5.74, 6) is 0.570. The molecule has 0 saturated heterocycles. The molecule has 2 rings (SSSR count). The van der Waals surface area contributed by atoms with Crippen molar-refractivity contribution < 1.29 is 8.42 Å². The number of nitrogens with zero attached hydrogens (tertiary/aromatic N) is 1. The minimum atomic E-state index is -3.62. The lowest BCUT2D eigenvalue weighted by Crippen LogP contribution is -2.15. The highest BCUT2D eigenvalue weighted by Gasteiger charge is 2.18. The number of benzene rings is 1. The zero-order valence-corrected chi connectivity index (χ0v) is 12.0. The van der Waals surface area contributed by atoms with Gasteiger partial charge in [0.15, 0.2) is 5.03 Å². The lowest BCUT2D eigenvalue weighted by Gasteiger charge is -2.13. The zero-order chi connectivity index (χ0) is 14.0. The maximum absolute atomic E-state index is 12.3. The number of aromatic nitrogens is 2. The maximum Gasteiger partial charge on any atom is 0.279 e. The summed E-state index contributed by atoms with van der Waals surface area (Å²) in [5.41, 5.74) is 2.52. The van der Waals surface area contributed by atoms with E-state index in [0.29, 0.717) is 11.5 Å². The Bertz CT molecular complexity index is 690. The Kier molecular flexibility index (Phi) is 3.61. The van der Waals surface area contributed by atoms with Gasteiger partial charge in [0.2, 0.25) is 0 Å². The molecule has 19 heavy (non-hydrogen) atoms. The molecule has 2 aromatic rings. The van der Waals surface area contributed by atoms with Crippen molar-refractivity contribution in [3.63, 3.8) is 0 Å². The number of H-pyrrole nitrogens is 1. The van der Waals surface area contributed by atoms with Crippen LogP contribution in [0.3, 0.4) is 0 Å². The van der Waals surface area contributed by atoms with Gasteiger partial charge in [-0.25, -0.2) is 4.98 Å². The van der Waals surface area contributed by atoms with Crippen molar-refractivity contribution in [3.05, 3.63) is 41.3 Å². The molecule has 0 fully saturated rings. The van der Waals surface area contributed by atoms with Crippen molar-refractivity contribution in [1.82, 2.24) is 9.97 Å². The molecule has 0 atom stereocenters. The summed E-state index contributed by atoms with van der Waals surface area (Å²) in [5, 5.41) is 0.0790. The van der Waals surface area contributed by atoms with E-state index >= 15 is 0 Å². The largest absolute Gasteiger partial charge is 0.332 e. The Labute approximate surface area is 113 Å². The Balaban J connectivity index is 2.41. The Morgan fingerprint density at radius 1 is 1.32 bits per heavy atom. The van der Waals surface area contributed by atoms with Crippen molar-refractivity contribution in [1.29, 1.82) is 0 Å². The van der Waals surface area contributed by atoms with Crippen LogP contribution in [0.2, 0.25) is 0 Å². The number of aryl methyl sites for hydroxylation is 3. The molecule has 0 radical (unpaired) electrons. The van der Waals surface area contributed by atoms with Gasteiger partial charge in [-0.1, -0.05) is 25.1 Å². The van der Waals surface area contributed by atoms with Gasteiger partial charge >= 0.3 is 0 Å². The third-order valence-electron chi connectivity index (χ3n) is 2.95. The third-order valence-corrected chi connectivity index (χ3v) is 4.20. The Morgan fingerprint density at radius 3 is 2.63 bits per heavy atom. The molecule has 0 spiro atoms. The van der Waals surface area contributed by atoms with Crippen LogP contribution in [0.1, 0.15) is 23.9 Å². The monoisotopic (exact) mass is 279 g/mol. The number of rotatable bonds is 4. The smallest absolute Gasteiger partial charge is 0.279 e. The Morgan fingerprint density at radius 2 is 2.05 bits per heavy atom. The maximum atomic E-state index is 12.3. The van der Waals surface area contributed by atoms with Crippen molar-refractivity contribution >= 4 is 15.7 Å². The first-order valence-corrected chi connectivity index (χ1v) is 7.55. The van der Waals surface area contributed by atoms with E-state index in [1.165, 1.54) is 6.20 Å². The second-order valence-electron chi connectivity index (χ2n) is 4.40. The molecule has 0 saturated carbocycles. The van der Waals surface area contributed by atoms with Crippen LogP contribution in [0, 0.1) is 13.8 Å². The van der Waals surface area contributed by atoms with Gasteiger partial charge in [-0.05, 0) is 31.4 Å². The van der Waals surface area contributed by atoms with E-state index in [0.717, 1.165) is 17.5 Å². The van der Waals surface area contributed by atoms with Crippen molar-refractivity contribution in [2.45, 2.75) is 32.2 Å². The predicted octanol–water partition coefficient (Wildman–Crippen LogP) is 2.39. The molecule has 5 nitrogen and oxygen atoms in total. The number of hydrogen-bond acceptors (Lipinski definition) is 3. The molecule has 0 unspecified atom stereocenters. The average molecular weight is 279 g/mol. The van der Waals surface area contributed by atoms with E-state index in [1.54, 1.807) is 6.92 Å². The van der Waals surface area contributed by atoms with Gasteiger partial charge in [-0.3, -0.25) is 4.72 Å². The van der Waals surface area contributed by atoms with Crippen molar-refractivity contribution in [2.75, 3.05) is 4.72 Å². The fraction of sp³-hybridized carbons (Fsp3) is 0.308. The molecular weight excluding hydrogens is 262 g/mol. The van der Waals surface area contributed by atoms with Gasteiger partial charge in [-0.2, -0.15) is 8.42 Å².